The fourth-order valence-electron chi connectivity index (χ4n) is 2.03. The molecule has 0 fully saturated rings. The van der Waals surface area contributed by atoms with Crippen LogP contribution >= 0.6 is 15.9 Å². The van der Waals surface area contributed by atoms with E-state index in [2.05, 4.69) is 27.2 Å². The van der Waals surface area contributed by atoms with Crippen molar-refractivity contribution in [2.24, 2.45) is 0 Å². The lowest BCUT2D eigenvalue weighted by Gasteiger charge is -2.07. The van der Waals surface area contributed by atoms with E-state index in [1.54, 1.807) is 49.6 Å². The van der Waals surface area contributed by atoms with Gasteiger partial charge < -0.3 is 14.8 Å². The van der Waals surface area contributed by atoms with Gasteiger partial charge >= 0.3 is 0 Å². The van der Waals surface area contributed by atoms with E-state index in [1.165, 1.54) is 6.08 Å². The number of hydrogen-bond donors (Lipinski definition) is 1. The van der Waals surface area contributed by atoms with Crippen molar-refractivity contribution in [1.82, 2.24) is 0 Å². The SMILES string of the molecule is C#CCOc1ccc(/C=C(/C#N)C(=O)Nc2ccc(OC)cc2)cc1Br. The second-order valence-electron chi connectivity index (χ2n) is 5.04. The molecule has 1 amide bonds. The molecular formula is C20H15BrN2O3. The number of amides is 1. The molecule has 0 radical (unpaired) electrons. The summed E-state index contributed by atoms with van der Waals surface area (Å²) in [7, 11) is 1.56. The fourth-order valence-corrected chi connectivity index (χ4v) is 2.54. The van der Waals surface area contributed by atoms with Gasteiger partial charge in [0.1, 0.15) is 29.7 Å². The van der Waals surface area contributed by atoms with Crippen molar-refractivity contribution in [2.75, 3.05) is 19.0 Å². The highest BCUT2D eigenvalue weighted by Gasteiger charge is 2.10. The molecule has 2 rings (SSSR count). The molecule has 26 heavy (non-hydrogen) atoms. The number of halogens is 1. The molecule has 6 heteroatoms. The van der Waals surface area contributed by atoms with Crippen molar-refractivity contribution in [1.29, 1.82) is 5.26 Å². The first-order chi connectivity index (χ1) is 12.6. The largest absolute Gasteiger partial charge is 0.497 e. The number of ether oxygens (including phenoxy) is 2. The van der Waals surface area contributed by atoms with Crippen molar-refractivity contribution in [3.8, 4) is 29.9 Å². The smallest absolute Gasteiger partial charge is 0.266 e. The molecule has 0 saturated carbocycles. The van der Waals surface area contributed by atoms with E-state index in [-0.39, 0.29) is 12.2 Å². The number of carbonyl (C=O) groups is 1. The molecule has 0 aromatic heterocycles. The molecule has 0 heterocycles. The summed E-state index contributed by atoms with van der Waals surface area (Å²) >= 11 is 3.38. The van der Waals surface area contributed by atoms with E-state index in [1.807, 2.05) is 6.07 Å². The standard InChI is InChI=1S/C20H15BrN2O3/c1-3-10-26-19-9-4-14(12-18(19)21)11-15(13-22)20(24)23-16-5-7-17(25-2)8-6-16/h1,4-9,11-12H,10H2,2H3,(H,23,24)/b15-11-. The average Bonchev–Trinajstić information content (AvgIpc) is 2.66. The Labute approximate surface area is 160 Å². The number of nitrogens with one attached hydrogen (secondary N) is 1. The second-order valence-corrected chi connectivity index (χ2v) is 5.89. The van der Waals surface area contributed by atoms with Gasteiger partial charge in [0, 0.05) is 5.69 Å². The van der Waals surface area contributed by atoms with E-state index in [0.29, 0.717) is 27.2 Å². The summed E-state index contributed by atoms with van der Waals surface area (Å²) < 4.78 is 11.1. The molecular weight excluding hydrogens is 396 g/mol. The molecule has 0 spiro atoms. The van der Waals surface area contributed by atoms with Crippen LogP contribution in [0.5, 0.6) is 11.5 Å². The van der Waals surface area contributed by atoms with E-state index in [9.17, 15) is 10.1 Å². The Kier molecular flexibility index (Phi) is 6.84. The quantitative estimate of drug-likeness (QED) is 0.443. The molecule has 0 aliphatic heterocycles. The van der Waals surface area contributed by atoms with Crippen LogP contribution in [0.1, 0.15) is 5.56 Å². The third-order valence-corrected chi connectivity index (χ3v) is 3.91. The number of carbonyl (C=O) groups excluding carboxylic acids is 1. The van der Waals surface area contributed by atoms with Crippen LogP contribution in [0.3, 0.4) is 0 Å². The minimum atomic E-state index is -0.499. The predicted octanol–water partition coefficient (Wildman–Crippen LogP) is 4.02. The Balaban J connectivity index is 2.15. The second kappa shape index (κ2) is 9.31. The predicted molar refractivity (Wildman–Crippen MR) is 104 cm³/mol. The van der Waals surface area contributed by atoms with Crippen molar-refractivity contribution in [3.05, 3.63) is 58.1 Å². The van der Waals surface area contributed by atoms with Crippen molar-refractivity contribution < 1.29 is 14.3 Å². The summed E-state index contributed by atoms with van der Waals surface area (Å²) in [5.74, 6) is 3.15. The minimum absolute atomic E-state index is 0.0231. The maximum absolute atomic E-state index is 12.3. The van der Waals surface area contributed by atoms with E-state index >= 15 is 0 Å². The van der Waals surface area contributed by atoms with Gasteiger partial charge in [-0.05, 0) is 64.0 Å². The van der Waals surface area contributed by atoms with Crippen LogP contribution in [0.4, 0.5) is 5.69 Å². The van der Waals surface area contributed by atoms with Crippen molar-refractivity contribution in [3.63, 3.8) is 0 Å². The molecule has 1 N–H and O–H groups in total. The number of rotatable bonds is 6. The zero-order valence-corrected chi connectivity index (χ0v) is 15.5. The number of nitriles is 1. The lowest BCUT2D eigenvalue weighted by Crippen LogP contribution is -2.13. The van der Waals surface area contributed by atoms with Crippen molar-refractivity contribution >= 4 is 33.6 Å². The van der Waals surface area contributed by atoms with Gasteiger partial charge in [0.15, 0.2) is 0 Å². The van der Waals surface area contributed by atoms with Crippen molar-refractivity contribution in [2.45, 2.75) is 0 Å². The monoisotopic (exact) mass is 410 g/mol. The summed E-state index contributed by atoms with van der Waals surface area (Å²) in [6.45, 7) is 0.154. The molecule has 2 aromatic rings. The summed E-state index contributed by atoms with van der Waals surface area (Å²) in [5, 5.41) is 12.0. The normalized spacial score (nSPS) is 10.4. The summed E-state index contributed by atoms with van der Waals surface area (Å²) in [6.07, 6.45) is 6.66. The van der Waals surface area contributed by atoms with Crippen LogP contribution in [0.15, 0.2) is 52.5 Å². The first kappa shape index (κ1) is 19.1. The minimum Gasteiger partial charge on any atom is -0.497 e. The van der Waals surface area contributed by atoms with Crippen LogP contribution in [-0.4, -0.2) is 19.6 Å². The Morgan fingerprint density at radius 2 is 2.04 bits per heavy atom. The van der Waals surface area contributed by atoms with Crippen LogP contribution in [-0.2, 0) is 4.79 Å². The zero-order valence-electron chi connectivity index (χ0n) is 14.0. The number of benzene rings is 2. The zero-order chi connectivity index (χ0) is 18.9. The van der Waals surface area contributed by atoms with Gasteiger partial charge in [0.05, 0.1) is 11.6 Å². The molecule has 2 aromatic carbocycles. The molecule has 0 unspecified atom stereocenters. The number of terminal acetylenes is 1. The molecule has 0 saturated heterocycles. The Hall–Kier alpha value is -3.22. The topological polar surface area (TPSA) is 71.3 Å². The van der Waals surface area contributed by atoms with Crippen LogP contribution < -0.4 is 14.8 Å². The molecule has 0 atom stereocenters. The van der Waals surface area contributed by atoms with E-state index < -0.39 is 5.91 Å². The van der Waals surface area contributed by atoms with Gasteiger partial charge in [-0.3, -0.25) is 4.79 Å². The lowest BCUT2D eigenvalue weighted by atomic mass is 10.1. The fraction of sp³-hybridized carbons (Fsp3) is 0.100. The number of nitrogens with zero attached hydrogens (tertiary/aromatic N) is 1. The van der Waals surface area contributed by atoms with Gasteiger partial charge in [-0.2, -0.15) is 5.26 Å². The van der Waals surface area contributed by atoms with Gasteiger partial charge in [-0.15, -0.1) is 6.42 Å². The Morgan fingerprint density at radius 3 is 2.62 bits per heavy atom. The summed E-state index contributed by atoms with van der Waals surface area (Å²) in [4.78, 5) is 12.3. The highest BCUT2D eigenvalue weighted by molar-refractivity contribution is 9.10. The lowest BCUT2D eigenvalue weighted by molar-refractivity contribution is -0.112. The molecule has 0 aliphatic rings. The Bertz CT molecular complexity index is 906. The third-order valence-electron chi connectivity index (χ3n) is 3.29. The van der Waals surface area contributed by atoms with Crippen LogP contribution in [0.25, 0.3) is 6.08 Å². The Morgan fingerprint density at radius 1 is 1.31 bits per heavy atom. The highest BCUT2D eigenvalue weighted by Crippen LogP contribution is 2.27. The maximum atomic E-state index is 12.3. The first-order valence-corrected chi connectivity index (χ1v) is 8.29. The van der Waals surface area contributed by atoms with Crippen LogP contribution in [0, 0.1) is 23.7 Å². The molecule has 5 nitrogen and oxygen atoms in total. The van der Waals surface area contributed by atoms with Gasteiger partial charge in [0.25, 0.3) is 5.91 Å². The summed E-state index contributed by atoms with van der Waals surface area (Å²) in [6, 6.07) is 13.9. The number of hydrogen-bond acceptors (Lipinski definition) is 4. The maximum Gasteiger partial charge on any atom is 0.266 e. The number of methoxy groups -OCH3 is 1. The summed E-state index contributed by atoms with van der Waals surface area (Å²) in [5.41, 5.74) is 1.22. The highest BCUT2D eigenvalue weighted by atomic mass is 79.9. The average molecular weight is 411 g/mol. The molecule has 0 bridgehead atoms. The van der Waals surface area contributed by atoms with Gasteiger partial charge in [0.2, 0.25) is 0 Å². The molecule has 130 valence electrons. The molecule has 0 aliphatic carbocycles. The van der Waals surface area contributed by atoms with Gasteiger partial charge in [-0.25, -0.2) is 0 Å². The third kappa shape index (κ3) is 5.14. The van der Waals surface area contributed by atoms with Crippen LogP contribution in [0.2, 0.25) is 0 Å². The first-order valence-electron chi connectivity index (χ1n) is 7.50. The van der Waals surface area contributed by atoms with E-state index in [0.717, 1.165) is 0 Å². The number of anilines is 1. The van der Waals surface area contributed by atoms with Gasteiger partial charge in [-0.1, -0.05) is 12.0 Å². The van der Waals surface area contributed by atoms with E-state index in [4.69, 9.17) is 15.9 Å².